The van der Waals surface area contributed by atoms with Crippen molar-refractivity contribution < 1.29 is 41.8 Å². The van der Waals surface area contributed by atoms with Crippen LogP contribution in [-0.2, 0) is 17.6 Å². The van der Waals surface area contributed by atoms with Crippen molar-refractivity contribution in [1.82, 2.24) is 20.2 Å². The van der Waals surface area contributed by atoms with Gasteiger partial charge in [-0.15, -0.1) is 0 Å². The van der Waals surface area contributed by atoms with Gasteiger partial charge in [-0.1, -0.05) is 49.7 Å². The van der Waals surface area contributed by atoms with Crippen molar-refractivity contribution in [2.24, 2.45) is 0 Å². The molecule has 0 spiro atoms. The molecule has 3 aromatic rings. The fourth-order valence-corrected chi connectivity index (χ4v) is 5.61. The molecule has 0 saturated carbocycles. The highest BCUT2D eigenvalue weighted by molar-refractivity contribution is 6.31. The quantitative estimate of drug-likeness (QED) is 0.154. The van der Waals surface area contributed by atoms with Crippen LogP contribution < -0.4 is 31.4 Å². The molecular formula is C35H49ClF3N7O5. The van der Waals surface area contributed by atoms with Crippen molar-refractivity contribution >= 4 is 35.1 Å². The maximum atomic E-state index is 13.0. The van der Waals surface area contributed by atoms with E-state index in [0.717, 1.165) is 87.5 Å². The first-order valence-corrected chi connectivity index (χ1v) is 17.0. The number of hydrogen-bond acceptors (Lipinski definition) is 10. The highest BCUT2D eigenvalue weighted by atomic mass is 35.5. The van der Waals surface area contributed by atoms with Crippen molar-refractivity contribution in [2.45, 2.75) is 45.7 Å². The van der Waals surface area contributed by atoms with Crippen molar-refractivity contribution in [1.29, 1.82) is 0 Å². The molecule has 0 unspecified atom stereocenters. The number of amides is 1. The minimum absolute atomic E-state index is 0.00141. The summed E-state index contributed by atoms with van der Waals surface area (Å²) in [6.45, 7) is 11.6. The van der Waals surface area contributed by atoms with E-state index in [1.807, 2.05) is 24.3 Å². The lowest BCUT2D eigenvalue weighted by atomic mass is 10.1. The SMILES string of the molecule is CCN(CC)CC[N+](CCCc1ccc(OC)cc1)(CCCc1ccc(OC)cc1)CCNC(=O)c1nc(Cl)c(N)nc1N.O=C([O-])C(F)(F)F. The van der Waals surface area contributed by atoms with Crippen molar-refractivity contribution in [2.75, 3.05) is 78.0 Å². The van der Waals surface area contributed by atoms with E-state index in [9.17, 15) is 18.0 Å². The molecule has 0 aliphatic heterocycles. The van der Waals surface area contributed by atoms with Gasteiger partial charge in [0, 0.05) is 19.4 Å². The Balaban J connectivity index is 0.00000116. The van der Waals surface area contributed by atoms with Gasteiger partial charge in [0.25, 0.3) is 5.91 Å². The Morgan fingerprint density at radius 2 is 1.31 bits per heavy atom. The van der Waals surface area contributed by atoms with Gasteiger partial charge in [0.2, 0.25) is 0 Å². The average Bonchev–Trinajstić information content (AvgIpc) is 3.10. The number of carboxylic acid groups (broad SMARTS) is 1. The van der Waals surface area contributed by atoms with Crippen LogP contribution in [0.2, 0.25) is 5.15 Å². The molecule has 0 radical (unpaired) electrons. The number of carbonyl (C=O) groups excluding carboxylic acids is 2. The van der Waals surface area contributed by atoms with Crippen LogP contribution in [0.25, 0.3) is 0 Å². The molecule has 0 aliphatic rings. The highest BCUT2D eigenvalue weighted by Gasteiger charge is 2.29. The number of aryl methyl sites for hydroxylation is 2. The lowest BCUT2D eigenvalue weighted by Gasteiger charge is -2.40. The second kappa shape index (κ2) is 21.1. The zero-order valence-electron chi connectivity index (χ0n) is 29.6. The number of nitrogens with two attached hydrogens (primary N) is 2. The van der Waals surface area contributed by atoms with Gasteiger partial charge in [0.05, 0.1) is 46.9 Å². The first-order valence-electron chi connectivity index (χ1n) is 16.6. The lowest BCUT2D eigenvalue weighted by Crippen LogP contribution is -2.56. The smallest absolute Gasteiger partial charge is 0.430 e. The molecule has 0 atom stereocenters. The van der Waals surface area contributed by atoms with E-state index in [1.165, 1.54) is 11.1 Å². The van der Waals surface area contributed by atoms with Crippen LogP contribution in [0, 0.1) is 0 Å². The summed E-state index contributed by atoms with van der Waals surface area (Å²) in [6, 6.07) is 16.6. The first kappa shape index (κ1) is 42.8. The molecule has 12 nitrogen and oxygen atoms in total. The maximum absolute atomic E-state index is 13.0. The molecule has 1 amide bonds. The van der Waals surface area contributed by atoms with Crippen LogP contribution in [-0.4, -0.2) is 104 Å². The van der Waals surface area contributed by atoms with E-state index in [1.54, 1.807) is 14.2 Å². The first-order chi connectivity index (χ1) is 24.2. The number of nitrogens with one attached hydrogen (secondary N) is 1. The highest BCUT2D eigenvalue weighted by Crippen LogP contribution is 2.20. The van der Waals surface area contributed by atoms with Crippen LogP contribution >= 0.6 is 11.6 Å². The van der Waals surface area contributed by atoms with Crippen LogP contribution in [0.4, 0.5) is 24.8 Å². The number of rotatable bonds is 19. The Labute approximate surface area is 302 Å². The molecule has 5 N–H and O–H groups in total. The van der Waals surface area contributed by atoms with Gasteiger partial charge in [-0.25, -0.2) is 9.97 Å². The number of halogens is 4. The largest absolute Gasteiger partial charge is 0.542 e. The van der Waals surface area contributed by atoms with E-state index < -0.39 is 18.1 Å². The van der Waals surface area contributed by atoms with Gasteiger partial charge < -0.3 is 40.6 Å². The molecule has 0 fully saturated rings. The number of benzene rings is 2. The number of alkyl halides is 3. The molecule has 16 heteroatoms. The standard InChI is InChI=1S/C33H48ClN7O3.C2HF3O2/c1-5-40(6-2)20-24-41(21-7-9-25-11-15-27(43-3)16-12-25,22-8-10-26-13-17-28(44-4)18-14-26)23-19-37-33(42)29-31(35)39-32(36)30(34)38-29;3-2(4,5)1(6)7/h11-18H,5-10,19-24H2,1-4H3,(H4-,35,36,37,39,42);(H,6,7). The number of nitrogen functional groups attached to an aromatic ring is 2. The van der Waals surface area contributed by atoms with E-state index in [0.29, 0.717) is 6.54 Å². The van der Waals surface area contributed by atoms with E-state index >= 15 is 0 Å². The van der Waals surface area contributed by atoms with Crippen LogP contribution in [0.1, 0.15) is 48.3 Å². The van der Waals surface area contributed by atoms with E-state index in [4.69, 9.17) is 42.4 Å². The minimum atomic E-state index is -5.19. The third-order valence-electron chi connectivity index (χ3n) is 8.52. The summed E-state index contributed by atoms with van der Waals surface area (Å²) in [6.07, 6.45) is -1.22. The summed E-state index contributed by atoms with van der Waals surface area (Å²) >= 11 is 6.03. The second-order valence-electron chi connectivity index (χ2n) is 11.8. The molecule has 0 bridgehead atoms. The van der Waals surface area contributed by atoms with Gasteiger partial charge in [-0.3, -0.25) is 9.69 Å². The number of carboxylic acids is 1. The zero-order valence-corrected chi connectivity index (χ0v) is 30.4. The number of likely N-dealkylation sites (N-methyl/N-ethyl adjacent to an activating group) is 1. The number of nitrogens with zero attached hydrogens (tertiary/aromatic N) is 4. The molecule has 1 aromatic heterocycles. The fourth-order valence-electron chi connectivity index (χ4n) is 5.48. The minimum Gasteiger partial charge on any atom is -0.542 e. The molecule has 3 rings (SSSR count). The monoisotopic (exact) mass is 739 g/mol. The number of carbonyl (C=O) groups is 2. The number of quaternary nitrogens is 1. The topological polar surface area (TPSA) is 169 Å². The third kappa shape index (κ3) is 14.8. The summed E-state index contributed by atoms with van der Waals surface area (Å²) in [7, 11) is 3.37. The van der Waals surface area contributed by atoms with Gasteiger partial charge >= 0.3 is 6.18 Å². The number of aliphatic carboxylic acids is 1. The summed E-state index contributed by atoms with van der Waals surface area (Å²) < 4.78 is 43.1. The predicted molar refractivity (Wildman–Crippen MR) is 189 cm³/mol. The number of methoxy groups -OCH3 is 2. The molecule has 1 heterocycles. The van der Waals surface area contributed by atoms with Gasteiger partial charge in [0.1, 0.15) is 17.5 Å². The number of ether oxygens (including phenoxy) is 2. The fraction of sp³-hybridized carbons (Fsp3) is 0.486. The van der Waals surface area contributed by atoms with E-state index in [2.05, 4.69) is 58.3 Å². The summed E-state index contributed by atoms with van der Waals surface area (Å²) in [5.41, 5.74) is 14.2. The molecule has 0 aliphatic carbocycles. The maximum Gasteiger partial charge on any atom is 0.430 e. The average molecular weight is 740 g/mol. The van der Waals surface area contributed by atoms with Gasteiger partial charge in [-0.05, 0) is 61.3 Å². The third-order valence-corrected chi connectivity index (χ3v) is 8.80. The van der Waals surface area contributed by atoms with Crippen LogP contribution in [0.15, 0.2) is 48.5 Å². The van der Waals surface area contributed by atoms with Gasteiger partial charge in [-0.2, -0.15) is 13.2 Å². The number of hydrogen-bond donors (Lipinski definition) is 3. The summed E-state index contributed by atoms with van der Waals surface area (Å²) in [4.78, 5) is 32.3. The lowest BCUT2D eigenvalue weighted by molar-refractivity contribution is -0.927. The van der Waals surface area contributed by atoms with E-state index in [-0.39, 0.29) is 22.5 Å². The predicted octanol–water partition coefficient (Wildman–Crippen LogP) is 3.76. The summed E-state index contributed by atoms with van der Waals surface area (Å²) in [5.74, 6) is -1.73. The Hall–Kier alpha value is -4.34. The molecular weight excluding hydrogens is 691 g/mol. The Kier molecular flexibility index (Phi) is 17.7. The summed E-state index contributed by atoms with van der Waals surface area (Å²) in [5, 5.41) is 11.8. The second-order valence-corrected chi connectivity index (χ2v) is 12.2. The van der Waals surface area contributed by atoms with Crippen molar-refractivity contribution in [3.05, 3.63) is 70.5 Å². The molecule has 2 aromatic carbocycles. The number of aromatic nitrogens is 2. The van der Waals surface area contributed by atoms with Crippen LogP contribution in [0.3, 0.4) is 0 Å². The molecule has 0 saturated heterocycles. The van der Waals surface area contributed by atoms with Crippen molar-refractivity contribution in [3.8, 4) is 11.5 Å². The van der Waals surface area contributed by atoms with Gasteiger partial charge in [0.15, 0.2) is 22.5 Å². The Morgan fingerprint density at radius 3 is 1.73 bits per heavy atom. The normalized spacial score (nSPS) is 11.5. The Bertz CT molecular complexity index is 1460. The molecule has 51 heavy (non-hydrogen) atoms. The van der Waals surface area contributed by atoms with Crippen LogP contribution in [0.5, 0.6) is 11.5 Å². The Morgan fingerprint density at radius 1 is 0.843 bits per heavy atom. The van der Waals surface area contributed by atoms with Crippen molar-refractivity contribution in [3.63, 3.8) is 0 Å². The molecule has 282 valence electrons. The zero-order chi connectivity index (χ0) is 38.0. The number of anilines is 2.